The molecule has 0 aliphatic heterocycles. The Balaban J connectivity index is 2.02. The van der Waals surface area contributed by atoms with Crippen molar-refractivity contribution >= 4 is 5.82 Å². The number of aromatic nitrogens is 1. The Morgan fingerprint density at radius 3 is 2.53 bits per heavy atom. The lowest BCUT2D eigenvalue weighted by Crippen LogP contribution is -2.22. The number of rotatable bonds is 2. The Hall–Kier alpha value is -1.05. The summed E-state index contributed by atoms with van der Waals surface area (Å²) in [7, 11) is 0. The van der Waals surface area contributed by atoms with Gasteiger partial charge in [0.1, 0.15) is 5.82 Å². The van der Waals surface area contributed by atoms with Crippen molar-refractivity contribution in [3.8, 4) is 0 Å². The van der Waals surface area contributed by atoms with E-state index in [0.717, 1.165) is 11.5 Å². The van der Waals surface area contributed by atoms with Crippen molar-refractivity contribution < 1.29 is 0 Å². The summed E-state index contributed by atoms with van der Waals surface area (Å²) < 4.78 is 0. The molecule has 0 aromatic carbocycles. The molecular formula is C13H20N2. The standard InChI is InChI=1S/C13H20N2/c1-10-8-11(2)14-13(9-10)15-12-6-4-3-5-7-12/h8-9,12H,3-7H2,1-2H3,(H,14,15). The van der Waals surface area contributed by atoms with Gasteiger partial charge in [-0.25, -0.2) is 4.98 Å². The molecule has 2 rings (SSSR count). The number of nitrogens with one attached hydrogen (secondary N) is 1. The Kier molecular flexibility index (Phi) is 3.24. The maximum absolute atomic E-state index is 4.52. The second-order valence-corrected chi connectivity index (χ2v) is 4.65. The van der Waals surface area contributed by atoms with Gasteiger partial charge in [0, 0.05) is 11.7 Å². The summed E-state index contributed by atoms with van der Waals surface area (Å²) in [5.74, 6) is 1.06. The van der Waals surface area contributed by atoms with Gasteiger partial charge in [-0.15, -0.1) is 0 Å². The van der Waals surface area contributed by atoms with Gasteiger partial charge >= 0.3 is 0 Å². The van der Waals surface area contributed by atoms with Crippen molar-refractivity contribution in [3.05, 3.63) is 23.4 Å². The van der Waals surface area contributed by atoms with Crippen LogP contribution in [0, 0.1) is 13.8 Å². The second kappa shape index (κ2) is 4.65. The summed E-state index contributed by atoms with van der Waals surface area (Å²) in [6.07, 6.45) is 6.73. The van der Waals surface area contributed by atoms with Gasteiger partial charge in [0.25, 0.3) is 0 Å². The van der Waals surface area contributed by atoms with Crippen LogP contribution in [-0.2, 0) is 0 Å². The lowest BCUT2D eigenvalue weighted by Gasteiger charge is -2.23. The van der Waals surface area contributed by atoms with Gasteiger partial charge in [-0.05, 0) is 44.4 Å². The quantitative estimate of drug-likeness (QED) is 0.798. The first-order chi connectivity index (χ1) is 7.24. The number of anilines is 1. The molecule has 0 atom stereocenters. The molecule has 0 bridgehead atoms. The zero-order valence-corrected chi connectivity index (χ0v) is 9.71. The molecule has 0 spiro atoms. The van der Waals surface area contributed by atoms with E-state index in [0.29, 0.717) is 6.04 Å². The molecule has 0 saturated heterocycles. The topological polar surface area (TPSA) is 24.9 Å². The van der Waals surface area contributed by atoms with Crippen molar-refractivity contribution in [3.63, 3.8) is 0 Å². The SMILES string of the molecule is Cc1cc(C)nc(NC2CCCCC2)c1. The van der Waals surface area contributed by atoms with Crippen molar-refractivity contribution in [1.82, 2.24) is 4.98 Å². The summed E-state index contributed by atoms with van der Waals surface area (Å²) in [5, 5.41) is 3.55. The first kappa shape index (κ1) is 10.5. The zero-order chi connectivity index (χ0) is 10.7. The van der Waals surface area contributed by atoms with E-state index in [-0.39, 0.29) is 0 Å². The molecule has 2 heteroatoms. The molecule has 1 aliphatic rings. The van der Waals surface area contributed by atoms with Crippen molar-refractivity contribution in [2.75, 3.05) is 5.32 Å². The molecule has 1 saturated carbocycles. The van der Waals surface area contributed by atoms with Crippen molar-refractivity contribution in [2.24, 2.45) is 0 Å². The number of nitrogens with zero attached hydrogens (tertiary/aromatic N) is 1. The van der Waals surface area contributed by atoms with Gasteiger partial charge in [-0.1, -0.05) is 19.3 Å². The highest BCUT2D eigenvalue weighted by atomic mass is 15.0. The van der Waals surface area contributed by atoms with E-state index in [1.807, 2.05) is 0 Å². The predicted molar refractivity (Wildman–Crippen MR) is 64.2 cm³/mol. The zero-order valence-electron chi connectivity index (χ0n) is 9.71. The Labute approximate surface area is 92.1 Å². The minimum atomic E-state index is 0.646. The molecule has 15 heavy (non-hydrogen) atoms. The highest BCUT2D eigenvalue weighted by Crippen LogP contribution is 2.21. The Morgan fingerprint density at radius 1 is 1.13 bits per heavy atom. The summed E-state index contributed by atoms with van der Waals surface area (Å²) in [5.41, 5.74) is 2.40. The molecule has 0 amide bonds. The van der Waals surface area contributed by atoms with Crippen LogP contribution in [0.3, 0.4) is 0 Å². The molecule has 1 aromatic heterocycles. The van der Waals surface area contributed by atoms with Gasteiger partial charge in [0.05, 0.1) is 0 Å². The summed E-state index contributed by atoms with van der Waals surface area (Å²) >= 11 is 0. The molecule has 1 heterocycles. The fourth-order valence-corrected chi connectivity index (χ4v) is 2.37. The van der Waals surface area contributed by atoms with Crippen LogP contribution in [0.5, 0.6) is 0 Å². The second-order valence-electron chi connectivity index (χ2n) is 4.65. The van der Waals surface area contributed by atoms with Gasteiger partial charge in [0.2, 0.25) is 0 Å². The largest absolute Gasteiger partial charge is 0.367 e. The molecule has 1 aromatic rings. The van der Waals surface area contributed by atoms with Crippen LogP contribution in [0.4, 0.5) is 5.82 Å². The highest BCUT2D eigenvalue weighted by molar-refractivity contribution is 5.40. The summed E-state index contributed by atoms with van der Waals surface area (Å²) in [6.45, 7) is 4.18. The smallest absolute Gasteiger partial charge is 0.126 e. The minimum absolute atomic E-state index is 0.646. The van der Waals surface area contributed by atoms with E-state index >= 15 is 0 Å². The van der Waals surface area contributed by atoms with Crippen LogP contribution in [0.25, 0.3) is 0 Å². The first-order valence-corrected chi connectivity index (χ1v) is 5.96. The van der Waals surface area contributed by atoms with Gasteiger partial charge in [-0.3, -0.25) is 0 Å². The maximum atomic E-state index is 4.52. The third kappa shape index (κ3) is 2.95. The average molecular weight is 204 g/mol. The van der Waals surface area contributed by atoms with E-state index in [9.17, 15) is 0 Å². The van der Waals surface area contributed by atoms with Gasteiger partial charge in [0.15, 0.2) is 0 Å². The molecule has 0 unspecified atom stereocenters. The minimum Gasteiger partial charge on any atom is -0.367 e. The average Bonchev–Trinajstić information content (AvgIpc) is 2.17. The third-order valence-corrected chi connectivity index (χ3v) is 3.05. The summed E-state index contributed by atoms with van der Waals surface area (Å²) in [6, 6.07) is 4.90. The molecule has 1 aliphatic carbocycles. The number of pyridine rings is 1. The van der Waals surface area contributed by atoms with Crippen LogP contribution >= 0.6 is 0 Å². The fourth-order valence-electron chi connectivity index (χ4n) is 2.37. The summed E-state index contributed by atoms with van der Waals surface area (Å²) in [4.78, 5) is 4.52. The Morgan fingerprint density at radius 2 is 1.87 bits per heavy atom. The highest BCUT2D eigenvalue weighted by Gasteiger charge is 2.13. The Bertz CT molecular complexity index is 307. The fraction of sp³-hybridized carbons (Fsp3) is 0.615. The van der Waals surface area contributed by atoms with Gasteiger partial charge in [-0.2, -0.15) is 0 Å². The number of aryl methyl sites for hydroxylation is 2. The molecule has 82 valence electrons. The van der Waals surface area contributed by atoms with Crippen LogP contribution < -0.4 is 5.32 Å². The molecule has 2 nitrogen and oxygen atoms in total. The number of hydrogen-bond acceptors (Lipinski definition) is 2. The van der Waals surface area contributed by atoms with Crippen LogP contribution in [0.15, 0.2) is 12.1 Å². The van der Waals surface area contributed by atoms with E-state index in [4.69, 9.17) is 0 Å². The first-order valence-electron chi connectivity index (χ1n) is 5.96. The molecular weight excluding hydrogens is 184 g/mol. The van der Waals surface area contributed by atoms with E-state index < -0.39 is 0 Å². The van der Waals surface area contributed by atoms with E-state index in [1.54, 1.807) is 0 Å². The van der Waals surface area contributed by atoms with Crippen LogP contribution in [0.2, 0.25) is 0 Å². The molecule has 1 N–H and O–H groups in total. The van der Waals surface area contributed by atoms with E-state index in [1.165, 1.54) is 37.7 Å². The molecule has 1 fully saturated rings. The number of hydrogen-bond donors (Lipinski definition) is 1. The van der Waals surface area contributed by atoms with Gasteiger partial charge < -0.3 is 5.32 Å². The van der Waals surface area contributed by atoms with Crippen molar-refractivity contribution in [1.29, 1.82) is 0 Å². The van der Waals surface area contributed by atoms with Crippen LogP contribution in [0.1, 0.15) is 43.4 Å². The van der Waals surface area contributed by atoms with E-state index in [2.05, 4.69) is 36.3 Å². The van der Waals surface area contributed by atoms with Crippen molar-refractivity contribution in [2.45, 2.75) is 52.0 Å². The lowest BCUT2D eigenvalue weighted by atomic mass is 9.95. The third-order valence-electron chi connectivity index (χ3n) is 3.05. The molecule has 0 radical (unpaired) electrons. The lowest BCUT2D eigenvalue weighted by molar-refractivity contribution is 0.462. The predicted octanol–water partition coefficient (Wildman–Crippen LogP) is 3.44. The maximum Gasteiger partial charge on any atom is 0.126 e. The van der Waals surface area contributed by atoms with Crippen LogP contribution in [-0.4, -0.2) is 11.0 Å². The monoisotopic (exact) mass is 204 g/mol. The normalized spacial score (nSPS) is 17.7.